The smallest absolute Gasteiger partial charge is 0.261 e. The van der Waals surface area contributed by atoms with Gasteiger partial charge in [0.25, 0.3) is 5.91 Å². The highest BCUT2D eigenvalue weighted by atomic mass is 16.3. The van der Waals surface area contributed by atoms with E-state index in [-0.39, 0.29) is 23.6 Å². The van der Waals surface area contributed by atoms with Crippen LogP contribution in [-0.2, 0) is 4.79 Å². The van der Waals surface area contributed by atoms with Crippen molar-refractivity contribution in [2.45, 2.75) is 13.3 Å². The van der Waals surface area contributed by atoms with E-state index < -0.39 is 5.91 Å². The van der Waals surface area contributed by atoms with Crippen molar-refractivity contribution in [3.05, 3.63) is 29.8 Å². The van der Waals surface area contributed by atoms with Crippen LogP contribution in [0.1, 0.15) is 23.7 Å². The van der Waals surface area contributed by atoms with Gasteiger partial charge < -0.3 is 5.11 Å². The molecule has 1 aromatic carbocycles. The van der Waals surface area contributed by atoms with Crippen LogP contribution < -0.4 is 5.32 Å². The van der Waals surface area contributed by atoms with Crippen molar-refractivity contribution >= 4 is 11.8 Å². The highest BCUT2D eigenvalue weighted by Crippen LogP contribution is 2.14. The Balaban J connectivity index is 2.80. The summed E-state index contributed by atoms with van der Waals surface area (Å²) in [6, 6.07) is 6.07. The second-order valence-electron chi connectivity index (χ2n) is 2.75. The largest absolute Gasteiger partial charge is 0.507 e. The lowest BCUT2D eigenvalue weighted by Gasteiger charge is -2.03. The molecule has 2 N–H and O–H groups in total. The van der Waals surface area contributed by atoms with Crippen LogP contribution in [0.5, 0.6) is 5.75 Å². The van der Waals surface area contributed by atoms with Gasteiger partial charge in [0.15, 0.2) is 0 Å². The van der Waals surface area contributed by atoms with E-state index in [0.717, 1.165) is 0 Å². The van der Waals surface area contributed by atoms with E-state index in [0.29, 0.717) is 0 Å². The summed E-state index contributed by atoms with van der Waals surface area (Å²) in [7, 11) is 0. The molecule has 74 valence electrons. The number of phenols is 1. The normalized spacial score (nSPS) is 9.50. The molecule has 0 aromatic heterocycles. The Morgan fingerprint density at radius 2 is 2.00 bits per heavy atom. The van der Waals surface area contributed by atoms with Gasteiger partial charge in [-0.25, -0.2) is 0 Å². The van der Waals surface area contributed by atoms with Gasteiger partial charge in [-0.3, -0.25) is 14.9 Å². The number of nitrogens with one attached hydrogen (secondary N) is 1. The first-order valence-corrected chi connectivity index (χ1v) is 4.27. The minimum atomic E-state index is -0.574. The van der Waals surface area contributed by atoms with Crippen molar-refractivity contribution < 1.29 is 14.7 Å². The third kappa shape index (κ3) is 2.32. The standard InChI is InChI=1S/C10H11NO3/c1-2-9(13)11-10(14)7-5-3-4-6-8(7)12/h3-6,12H,2H2,1H3,(H,11,13,14). The summed E-state index contributed by atoms with van der Waals surface area (Å²) in [5, 5.41) is 11.4. The van der Waals surface area contributed by atoms with Crippen molar-refractivity contribution in [1.82, 2.24) is 5.32 Å². The molecule has 0 aliphatic rings. The fraction of sp³-hybridized carbons (Fsp3) is 0.200. The second-order valence-corrected chi connectivity index (χ2v) is 2.75. The molecule has 0 heterocycles. The van der Waals surface area contributed by atoms with E-state index in [9.17, 15) is 14.7 Å². The number of phenolic OH excluding ortho intramolecular Hbond substituents is 1. The Labute approximate surface area is 81.6 Å². The first-order chi connectivity index (χ1) is 6.65. The molecule has 4 nitrogen and oxygen atoms in total. The van der Waals surface area contributed by atoms with Crippen molar-refractivity contribution in [3.63, 3.8) is 0 Å². The van der Waals surface area contributed by atoms with Crippen LogP contribution in [0.4, 0.5) is 0 Å². The van der Waals surface area contributed by atoms with Gasteiger partial charge in [0.05, 0.1) is 5.56 Å². The number of rotatable bonds is 2. The molecule has 4 heteroatoms. The van der Waals surface area contributed by atoms with Gasteiger partial charge in [0, 0.05) is 6.42 Å². The quantitative estimate of drug-likeness (QED) is 0.738. The lowest BCUT2D eigenvalue weighted by atomic mass is 10.2. The minimum Gasteiger partial charge on any atom is -0.507 e. The van der Waals surface area contributed by atoms with Crippen LogP contribution in [0.2, 0.25) is 0 Å². The van der Waals surface area contributed by atoms with Crippen molar-refractivity contribution in [3.8, 4) is 5.75 Å². The molecule has 0 spiro atoms. The summed E-state index contributed by atoms with van der Waals surface area (Å²) >= 11 is 0. The number of para-hydroxylation sites is 1. The maximum Gasteiger partial charge on any atom is 0.261 e. The number of hydrogen-bond donors (Lipinski definition) is 2. The lowest BCUT2D eigenvalue weighted by molar-refractivity contribution is -0.119. The van der Waals surface area contributed by atoms with Crippen LogP contribution in [0.15, 0.2) is 24.3 Å². The third-order valence-electron chi connectivity index (χ3n) is 1.72. The fourth-order valence-corrected chi connectivity index (χ4v) is 0.948. The highest BCUT2D eigenvalue weighted by Gasteiger charge is 2.11. The van der Waals surface area contributed by atoms with Crippen LogP contribution in [0.3, 0.4) is 0 Å². The van der Waals surface area contributed by atoms with Crippen LogP contribution in [0.25, 0.3) is 0 Å². The van der Waals surface area contributed by atoms with Gasteiger partial charge in [0.2, 0.25) is 5.91 Å². The molecule has 14 heavy (non-hydrogen) atoms. The molecule has 0 bridgehead atoms. The van der Waals surface area contributed by atoms with Gasteiger partial charge in [-0.05, 0) is 12.1 Å². The molecule has 0 aliphatic heterocycles. The minimum absolute atomic E-state index is 0.106. The number of carbonyl (C=O) groups excluding carboxylic acids is 2. The Kier molecular flexibility index (Phi) is 3.23. The van der Waals surface area contributed by atoms with Crippen molar-refractivity contribution in [2.75, 3.05) is 0 Å². The van der Waals surface area contributed by atoms with Gasteiger partial charge >= 0.3 is 0 Å². The van der Waals surface area contributed by atoms with Crippen LogP contribution >= 0.6 is 0 Å². The molecule has 0 unspecified atom stereocenters. The zero-order valence-corrected chi connectivity index (χ0v) is 7.78. The van der Waals surface area contributed by atoms with Gasteiger partial charge in [-0.1, -0.05) is 19.1 Å². The molecule has 0 atom stereocenters. The SMILES string of the molecule is CCC(=O)NC(=O)c1ccccc1O. The van der Waals surface area contributed by atoms with Crippen LogP contribution in [-0.4, -0.2) is 16.9 Å². The fourth-order valence-electron chi connectivity index (χ4n) is 0.948. The van der Waals surface area contributed by atoms with Crippen LogP contribution in [0, 0.1) is 0 Å². The summed E-state index contributed by atoms with van der Waals surface area (Å²) < 4.78 is 0. The molecule has 1 rings (SSSR count). The average molecular weight is 193 g/mol. The van der Waals surface area contributed by atoms with Crippen molar-refractivity contribution in [2.24, 2.45) is 0 Å². The van der Waals surface area contributed by atoms with E-state index in [2.05, 4.69) is 5.32 Å². The van der Waals surface area contributed by atoms with E-state index >= 15 is 0 Å². The number of amides is 2. The molecule has 2 amide bonds. The monoisotopic (exact) mass is 193 g/mol. The first kappa shape index (κ1) is 10.2. The predicted octanol–water partition coefficient (Wildman–Crippen LogP) is 1.06. The second kappa shape index (κ2) is 4.41. The number of imide groups is 1. The van der Waals surface area contributed by atoms with Crippen molar-refractivity contribution in [1.29, 1.82) is 0 Å². The van der Waals surface area contributed by atoms with Gasteiger partial charge in [-0.15, -0.1) is 0 Å². The zero-order chi connectivity index (χ0) is 10.6. The number of carbonyl (C=O) groups is 2. The van der Waals surface area contributed by atoms with Gasteiger partial charge in [-0.2, -0.15) is 0 Å². The molecule has 0 saturated heterocycles. The summed E-state index contributed by atoms with van der Waals surface area (Å²) in [5.74, 6) is -1.07. The summed E-state index contributed by atoms with van der Waals surface area (Å²) in [6.45, 7) is 1.65. The molecule has 0 fully saturated rings. The summed E-state index contributed by atoms with van der Waals surface area (Å²) in [6.07, 6.45) is 0.235. The Bertz CT molecular complexity index is 360. The highest BCUT2D eigenvalue weighted by molar-refractivity contribution is 6.06. The van der Waals surface area contributed by atoms with E-state index in [1.165, 1.54) is 12.1 Å². The molecule has 1 aromatic rings. The lowest BCUT2D eigenvalue weighted by Crippen LogP contribution is -2.29. The molecular weight excluding hydrogens is 182 g/mol. The maximum absolute atomic E-state index is 11.3. The predicted molar refractivity (Wildman–Crippen MR) is 50.9 cm³/mol. The molecule has 0 radical (unpaired) electrons. The van der Waals surface area contributed by atoms with E-state index in [1.807, 2.05) is 0 Å². The topological polar surface area (TPSA) is 66.4 Å². The Morgan fingerprint density at radius 3 is 2.57 bits per heavy atom. The van der Waals surface area contributed by atoms with E-state index in [1.54, 1.807) is 19.1 Å². The Hall–Kier alpha value is -1.84. The summed E-state index contributed by atoms with van der Waals surface area (Å²) in [4.78, 5) is 22.2. The molecule has 0 saturated carbocycles. The number of hydrogen-bond acceptors (Lipinski definition) is 3. The average Bonchev–Trinajstić information content (AvgIpc) is 2.18. The number of benzene rings is 1. The first-order valence-electron chi connectivity index (χ1n) is 4.27. The summed E-state index contributed by atoms with van der Waals surface area (Å²) in [5.41, 5.74) is 0.106. The molecule has 0 aliphatic carbocycles. The zero-order valence-electron chi connectivity index (χ0n) is 7.78. The molecular formula is C10H11NO3. The van der Waals surface area contributed by atoms with Gasteiger partial charge in [0.1, 0.15) is 5.75 Å². The van der Waals surface area contributed by atoms with E-state index in [4.69, 9.17) is 0 Å². The third-order valence-corrected chi connectivity index (χ3v) is 1.72. The maximum atomic E-state index is 11.3. The Morgan fingerprint density at radius 1 is 1.36 bits per heavy atom. The number of aromatic hydroxyl groups is 1.